The summed E-state index contributed by atoms with van der Waals surface area (Å²) in [6.07, 6.45) is -3.84. The third-order valence-electron chi connectivity index (χ3n) is 1.56. The van der Waals surface area contributed by atoms with Crippen molar-refractivity contribution in [1.29, 1.82) is 0 Å². The van der Waals surface area contributed by atoms with E-state index in [-0.39, 0.29) is 17.2 Å². The monoisotopic (exact) mass is 285 g/mol. The lowest BCUT2D eigenvalue weighted by Crippen LogP contribution is -1.93. The number of nitro groups is 1. The highest BCUT2D eigenvalue weighted by atomic mass is 35.9. The average molecular weight is 286 g/mol. The van der Waals surface area contributed by atoms with Crippen molar-refractivity contribution in [3.63, 3.8) is 0 Å². The third kappa shape index (κ3) is 3.56. The van der Waals surface area contributed by atoms with Gasteiger partial charge in [0.15, 0.2) is 11.5 Å². The molecule has 0 saturated heterocycles. The standard InChI is InChI=1S/C7H6Cl2NO5P/c1-14-6-3-2-5(10(11)12)4-7(6)15-16(8,9)13/h2-4H,1H3. The maximum absolute atomic E-state index is 11.0. The maximum Gasteiger partial charge on any atom is 0.428 e. The molecule has 9 heteroatoms. The van der Waals surface area contributed by atoms with Gasteiger partial charge in [0, 0.05) is 28.5 Å². The molecular weight excluding hydrogens is 280 g/mol. The first-order valence-corrected chi connectivity index (χ1v) is 7.28. The zero-order chi connectivity index (χ0) is 12.3. The summed E-state index contributed by atoms with van der Waals surface area (Å²) >= 11 is 10.4. The summed E-state index contributed by atoms with van der Waals surface area (Å²) in [5.41, 5.74) is -0.252. The van der Waals surface area contributed by atoms with Gasteiger partial charge in [-0.25, -0.2) is 4.57 Å². The second-order valence-corrected chi connectivity index (χ2v) is 6.80. The lowest BCUT2D eigenvalue weighted by Gasteiger charge is -2.09. The van der Waals surface area contributed by atoms with Crippen LogP contribution in [-0.4, -0.2) is 12.0 Å². The number of non-ortho nitro benzene ring substituents is 1. The van der Waals surface area contributed by atoms with Crippen LogP contribution in [0.15, 0.2) is 18.2 Å². The van der Waals surface area contributed by atoms with Crippen LogP contribution in [-0.2, 0) is 4.57 Å². The van der Waals surface area contributed by atoms with Crippen LogP contribution < -0.4 is 9.26 Å². The van der Waals surface area contributed by atoms with Crippen LogP contribution in [0.1, 0.15) is 0 Å². The molecule has 0 bridgehead atoms. The van der Waals surface area contributed by atoms with Crippen LogP contribution >= 0.6 is 28.6 Å². The molecule has 0 atom stereocenters. The van der Waals surface area contributed by atoms with Gasteiger partial charge in [0.2, 0.25) is 0 Å². The predicted molar refractivity (Wildman–Crippen MR) is 59.6 cm³/mol. The predicted octanol–water partition coefficient (Wildman–Crippen LogP) is 3.57. The number of rotatable bonds is 4. The largest absolute Gasteiger partial charge is 0.493 e. The van der Waals surface area contributed by atoms with Gasteiger partial charge < -0.3 is 9.26 Å². The highest BCUT2D eigenvalue weighted by Gasteiger charge is 2.21. The van der Waals surface area contributed by atoms with Crippen molar-refractivity contribution in [3.05, 3.63) is 28.3 Å². The fourth-order valence-corrected chi connectivity index (χ4v) is 1.78. The fourth-order valence-electron chi connectivity index (χ4n) is 0.965. The van der Waals surface area contributed by atoms with E-state index < -0.39 is 11.0 Å². The van der Waals surface area contributed by atoms with E-state index in [1.54, 1.807) is 0 Å². The summed E-state index contributed by atoms with van der Waals surface area (Å²) in [5.74, 6) is -0.00263. The van der Waals surface area contributed by atoms with E-state index in [2.05, 4.69) is 4.52 Å². The molecular formula is C7H6Cl2NO5P. The SMILES string of the molecule is COc1ccc([N+](=O)[O-])cc1OP(=O)(Cl)Cl. The quantitative estimate of drug-likeness (QED) is 0.480. The Morgan fingerprint density at radius 1 is 1.38 bits per heavy atom. The molecule has 0 heterocycles. The van der Waals surface area contributed by atoms with Crippen LogP contribution in [0.25, 0.3) is 0 Å². The van der Waals surface area contributed by atoms with E-state index >= 15 is 0 Å². The lowest BCUT2D eigenvalue weighted by atomic mass is 10.3. The van der Waals surface area contributed by atoms with Crippen LogP contribution in [0.5, 0.6) is 11.5 Å². The molecule has 0 spiro atoms. The average Bonchev–Trinajstić information content (AvgIpc) is 2.15. The first-order chi connectivity index (χ1) is 7.33. The van der Waals surface area contributed by atoms with Gasteiger partial charge in [-0.3, -0.25) is 10.1 Å². The van der Waals surface area contributed by atoms with E-state index in [0.29, 0.717) is 0 Å². The van der Waals surface area contributed by atoms with Gasteiger partial charge in [0.1, 0.15) is 0 Å². The molecule has 1 aromatic rings. The summed E-state index contributed by atoms with van der Waals surface area (Å²) in [7, 11) is 1.32. The molecule has 0 unspecified atom stereocenters. The maximum atomic E-state index is 11.0. The van der Waals surface area contributed by atoms with Gasteiger partial charge in [-0.15, -0.1) is 0 Å². The minimum atomic E-state index is -3.84. The Kier molecular flexibility index (Phi) is 4.02. The molecule has 0 aliphatic heterocycles. The van der Waals surface area contributed by atoms with E-state index in [1.807, 2.05) is 0 Å². The fraction of sp³-hybridized carbons (Fsp3) is 0.143. The lowest BCUT2D eigenvalue weighted by molar-refractivity contribution is -0.384. The molecule has 0 saturated carbocycles. The van der Waals surface area contributed by atoms with Crippen molar-refractivity contribution in [3.8, 4) is 11.5 Å². The summed E-state index contributed by atoms with van der Waals surface area (Å²) in [6.45, 7) is 0. The minimum Gasteiger partial charge on any atom is -0.493 e. The Labute approximate surface area is 100 Å². The Balaban J connectivity index is 3.17. The zero-order valence-electron chi connectivity index (χ0n) is 7.92. The molecule has 0 amide bonds. The summed E-state index contributed by atoms with van der Waals surface area (Å²) in [6, 6.07) is 3.52. The topological polar surface area (TPSA) is 78.7 Å². The molecule has 0 aliphatic carbocycles. The number of methoxy groups -OCH3 is 1. The van der Waals surface area contributed by atoms with Crippen molar-refractivity contribution < 1.29 is 18.7 Å². The summed E-state index contributed by atoms with van der Waals surface area (Å²) < 4.78 is 20.5. The molecule has 0 radical (unpaired) electrons. The second-order valence-electron chi connectivity index (χ2n) is 2.60. The number of nitrogens with zero attached hydrogens (tertiary/aromatic N) is 1. The van der Waals surface area contributed by atoms with Crippen molar-refractivity contribution in [1.82, 2.24) is 0 Å². The van der Waals surface area contributed by atoms with E-state index in [9.17, 15) is 14.7 Å². The van der Waals surface area contributed by atoms with Crippen LogP contribution in [0.4, 0.5) is 5.69 Å². The highest BCUT2D eigenvalue weighted by Crippen LogP contribution is 2.58. The normalized spacial score (nSPS) is 10.9. The van der Waals surface area contributed by atoms with Crippen molar-refractivity contribution in [2.45, 2.75) is 0 Å². The second kappa shape index (κ2) is 4.91. The minimum absolute atomic E-state index is 0.145. The molecule has 1 rings (SSSR count). The third-order valence-corrected chi connectivity index (χ3v) is 2.39. The smallest absolute Gasteiger partial charge is 0.428 e. The summed E-state index contributed by atoms with van der Waals surface area (Å²) in [4.78, 5) is 9.85. The van der Waals surface area contributed by atoms with Gasteiger partial charge in [0.25, 0.3) is 5.69 Å². The van der Waals surface area contributed by atoms with E-state index in [1.165, 1.54) is 19.2 Å². The van der Waals surface area contributed by atoms with Crippen molar-refractivity contribution in [2.75, 3.05) is 7.11 Å². The Bertz CT molecular complexity index is 460. The number of hydrogen-bond donors (Lipinski definition) is 0. The number of nitro benzene ring substituents is 1. The Hall–Kier alpha value is -0.970. The molecule has 0 aromatic heterocycles. The van der Waals surface area contributed by atoms with Crippen molar-refractivity contribution in [2.24, 2.45) is 0 Å². The number of benzene rings is 1. The highest BCUT2D eigenvalue weighted by molar-refractivity contribution is 8.05. The first kappa shape index (κ1) is 13.1. The van der Waals surface area contributed by atoms with E-state index in [0.717, 1.165) is 6.07 Å². The molecule has 1 aromatic carbocycles. The Morgan fingerprint density at radius 3 is 2.44 bits per heavy atom. The molecule has 0 aliphatic rings. The van der Waals surface area contributed by atoms with Gasteiger partial charge in [-0.05, 0) is 6.07 Å². The zero-order valence-corrected chi connectivity index (χ0v) is 10.3. The van der Waals surface area contributed by atoms with Crippen LogP contribution in [0, 0.1) is 10.1 Å². The van der Waals surface area contributed by atoms with Gasteiger partial charge in [0.05, 0.1) is 18.1 Å². The van der Waals surface area contributed by atoms with Crippen molar-refractivity contribution >= 4 is 34.2 Å². The molecule has 0 fully saturated rings. The van der Waals surface area contributed by atoms with Gasteiger partial charge in [-0.1, -0.05) is 0 Å². The first-order valence-electron chi connectivity index (χ1n) is 3.85. The molecule has 0 N–H and O–H groups in total. The molecule has 88 valence electrons. The van der Waals surface area contributed by atoms with E-state index in [4.69, 9.17) is 27.2 Å². The Morgan fingerprint density at radius 2 is 2.00 bits per heavy atom. The number of ether oxygens (including phenoxy) is 1. The molecule has 6 nitrogen and oxygen atoms in total. The molecule has 16 heavy (non-hydrogen) atoms. The van der Waals surface area contributed by atoms with Crippen LogP contribution in [0.2, 0.25) is 0 Å². The van der Waals surface area contributed by atoms with Gasteiger partial charge in [-0.2, -0.15) is 0 Å². The van der Waals surface area contributed by atoms with Gasteiger partial charge >= 0.3 is 6.07 Å². The number of halogens is 2. The summed E-state index contributed by atoms with van der Waals surface area (Å²) in [5, 5.41) is 10.5. The number of hydrogen-bond acceptors (Lipinski definition) is 5. The van der Waals surface area contributed by atoms with Crippen LogP contribution in [0.3, 0.4) is 0 Å².